The summed E-state index contributed by atoms with van der Waals surface area (Å²) >= 11 is 0. The predicted molar refractivity (Wildman–Crippen MR) is 236 cm³/mol. The van der Waals surface area contributed by atoms with E-state index in [1.54, 1.807) is 0 Å². The van der Waals surface area contributed by atoms with Crippen molar-refractivity contribution in [3.8, 4) is 33.8 Å². The molecule has 4 nitrogen and oxygen atoms in total. The molecule has 0 saturated carbocycles. The molecule has 296 valence electrons. The second kappa shape index (κ2) is 17.1. The van der Waals surface area contributed by atoms with Crippen LogP contribution in [0.4, 0.5) is 0 Å². The van der Waals surface area contributed by atoms with Gasteiger partial charge in [0, 0.05) is 39.5 Å². The average molecular weight is 761 g/mol. The molecule has 57 heavy (non-hydrogen) atoms. The van der Waals surface area contributed by atoms with Crippen molar-refractivity contribution < 1.29 is 19.7 Å². The van der Waals surface area contributed by atoms with Crippen LogP contribution in [0.5, 0.6) is 11.5 Å². The maximum atomic E-state index is 12.3. The number of phenolic OH excluding ortho intramolecular Hbond substituents is 2. The van der Waals surface area contributed by atoms with E-state index in [-0.39, 0.29) is 11.5 Å². The Bertz CT molecular complexity index is 2110. The van der Waals surface area contributed by atoms with Gasteiger partial charge in [0.15, 0.2) is 0 Å². The zero-order valence-corrected chi connectivity index (χ0v) is 35.5. The second-order valence-electron chi connectivity index (χ2n) is 17.2. The predicted octanol–water partition coefficient (Wildman–Crippen LogP) is 13.1. The lowest BCUT2D eigenvalue weighted by Crippen LogP contribution is -2.45. The summed E-state index contributed by atoms with van der Waals surface area (Å²) in [5.41, 5.74) is 13.1. The topological polar surface area (TPSA) is 58.9 Å². The third kappa shape index (κ3) is 8.88. The van der Waals surface area contributed by atoms with Crippen LogP contribution in [-0.4, -0.2) is 22.4 Å². The van der Waals surface area contributed by atoms with Crippen molar-refractivity contribution in [2.75, 3.05) is 0 Å². The number of para-hydroxylation sites is 2. The SMILES string of the molecule is Cc1cc(C)c(-c2cccc(C(C)(C)[C@@H](C[C@@H](OCc3ccccc3)C(C)(C)c3cccc(-c4c(C)cc(C)cc4C)c3O)OCc3ccccc3)c2O)c(C)c1. The second-order valence-corrected chi connectivity index (χ2v) is 17.2. The smallest absolute Gasteiger partial charge is 0.127 e. The van der Waals surface area contributed by atoms with Crippen molar-refractivity contribution in [3.63, 3.8) is 0 Å². The highest BCUT2D eigenvalue weighted by Crippen LogP contribution is 2.47. The van der Waals surface area contributed by atoms with Crippen LogP contribution >= 0.6 is 0 Å². The zero-order chi connectivity index (χ0) is 41.1. The molecule has 0 saturated heterocycles. The number of benzene rings is 6. The molecular formula is C53H60O4. The summed E-state index contributed by atoms with van der Waals surface area (Å²) in [5.74, 6) is 0.530. The number of rotatable bonds is 14. The van der Waals surface area contributed by atoms with Gasteiger partial charge >= 0.3 is 0 Å². The number of hydrogen-bond donors (Lipinski definition) is 2. The molecule has 0 spiro atoms. The van der Waals surface area contributed by atoms with E-state index in [1.165, 1.54) is 11.1 Å². The Hall–Kier alpha value is -5.16. The summed E-state index contributed by atoms with van der Waals surface area (Å²) in [5, 5.41) is 24.5. The fraction of sp³-hybridized carbons (Fsp3) is 0.321. The largest absolute Gasteiger partial charge is 0.507 e. The summed E-state index contributed by atoms with van der Waals surface area (Å²) in [6.45, 7) is 22.1. The van der Waals surface area contributed by atoms with Gasteiger partial charge in [-0.2, -0.15) is 0 Å². The minimum Gasteiger partial charge on any atom is -0.507 e. The summed E-state index contributed by atoms with van der Waals surface area (Å²) in [4.78, 5) is 0. The van der Waals surface area contributed by atoms with Gasteiger partial charge in [-0.15, -0.1) is 0 Å². The molecule has 6 aromatic carbocycles. The van der Waals surface area contributed by atoms with Gasteiger partial charge in [0.05, 0.1) is 25.4 Å². The minimum absolute atomic E-state index is 0.265. The van der Waals surface area contributed by atoms with Crippen molar-refractivity contribution in [2.45, 2.75) is 112 Å². The Kier molecular flexibility index (Phi) is 12.5. The lowest BCUT2D eigenvalue weighted by molar-refractivity contribution is -0.0767. The molecule has 0 radical (unpaired) electrons. The van der Waals surface area contributed by atoms with E-state index < -0.39 is 23.0 Å². The Balaban J connectivity index is 1.46. The first-order chi connectivity index (χ1) is 27.1. The van der Waals surface area contributed by atoms with E-state index in [4.69, 9.17) is 9.47 Å². The Morgan fingerprint density at radius 2 is 0.789 bits per heavy atom. The van der Waals surface area contributed by atoms with Gasteiger partial charge in [0.25, 0.3) is 0 Å². The lowest BCUT2D eigenvalue weighted by atomic mass is 9.70. The number of aryl methyl sites for hydroxylation is 6. The molecule has 0 unspecified atom stereocenters. The molecule has 2 N–H and O–H groups in total. The molecule has 6 rings (SSSR count). The number of ether oxygens (including phenoxy) is 2. The van der Waals surface area contributed by atoms with Crippen LogP contribution in [0.25, 0.3) is 22.3 Å². The molecular weight excluding hydrogens is 701 g/mol. The fourth-order valence-electron chi connectivity index (χ4n) is 8.97. The van der Waals surface area contributed by atoms with Gasteiger partial charge < -0.3 is 19.7 Å². The number of aromatic hydroxyl groups is 2. The molecule has 0 heterocycles. The van der Waals surface area contributed by atoms with E-state index in [9.17, 15) is 10.2 Å². The van der Waals surface area contributed by atoms with Crippen molar-refractivity contribution in [1.82, 2.24) is 0 Å². The zero-order valence-electron chi connectivity index (χ0n) is 35.5. The van der Waals surface area contributed by atoms with E-state index >= 15 is 0 Å². The van der Waals surface area contributed by atoms with Crippen molar-refractivity contribution in [3.05, 3.63) is 177 Å². The van der Waals surface area contributed by atoms with Crippen molar-refractivity contribution in [1.29, 1.82) is 0 Å². The molecule has 0 aliphatic heterocycles. The van der Waals surface area contributed by atoms with E-state index in [1.807, 2.05) is 72.8 Å². The summed E-state index contributed by atoms with van der Waals surface area (Å²) < 4.78 is 14.1. The van der Waals surface area contributed by atoms with Crippen LogP contribution in [0.3, 0.4) is 0 Å². The van der Waals surface area contributed by atoms with Crippen LogP contribution in [0, 0.1) is 41.5 Å². The monoisotopic (exact) mass is 760 g/mol. The van der Waals surface area contributed by atoms with Crippen LogP contribution in [0.1, 0.15) is 89.8 Å². The van der Waals surface area contributed by atoms with Gasteiger partial charge in [-0.1, -0.05) is 160 Å². The van der Waals surface area contributed by atoms with Gasteiger partial charge in [0.1, 0.15) is 11.5 Å². The van der Waals surface area contributed by atoms with Crippen molar-refractivity contribution in [2.24, 2.45) is 0 Å². The molecule has 0 aromatic heterocycles. The van der Waals surface area contributed by atoms with E-state index in [2.05, 4.69) is 118 Å². The summed E-state index contributed by atoms with van der Waals surface area (Å²) in [6.07, 6.45) is -0.338. The highest BCUT2D eigenvalue weighted by atomic mass is 16.5. The van der Waals surface area contributed by atoms with Gasteiger partial charge in [-0.05, 0) is 86.1 Å². The molecule has 2 atom stereocenters. The first-order valence-corrected chi connectivity index (χ1v) is 20.2. The van der Waals surface area contributed by atoms with Gasteiger partial charge in [0.2, 0.25) is 0 Å². The first kappa shape index (κ1) is 41.5. The molecule has 0 amide bonds. The number of phenols is 2. The summed E-state index contributed by atoms with van der Waals surface area (Å²) in [7, 11) is 0. The minimum atomic E-state index is -0.675. The molecule has 0 aliphatic carbocycles. The third-order valence-corrected chi connectivity index (χ3v) is 12.0. The highest BCUT2D eigenvalue weighted by molar-refractivity contribution is 5.79. The van der Waals surface area contributed by atoms with Gasteiger partial charge in [-0.25, -0.2) is 0 Å². The Morgan fingerprint density at radius 3 is 1.12 bits per heavy atom. The first-order valence-electron chi connectivity index (χ1n) is 20.2. The molecule has 4 heteroatoms. The van der Waals surface area contributed by atoms with Gasteiger partial charge in [-0.3, -0.25) is 0 Å². The van der Waals surface area contributed by atoms with Crippen LogP contribution in [0.15, 0.2) is 121 Å². The van der Waals surface area contributed by atoms with Crippen molar-refractivity contribution >= 4 is 0 Å². The quantitative estimate of drug-likeness (QED) is 0.116. The van der Waals surface area contributed by atoms with Crippen LogP contribution < -0.4 is 0 Å². The standard InChI is InChI=1S/C53H60O4/c1-34-27-36(3)48(37(4)28-34)42-23-17-25-44(50(42)54)52(7,8)46(56-32-40-19-13-11-14-20-40)31-47(57-33-41-21-15-12-16-22-41)53(9,10)45-26-18-24-43(51(45)55)49-38(5)29-35(2)30-39(49)6/h11-30,46-47,54-55H,31-33H2,1-10H3/t46-,47-/m1/s1. The fourth-order valence-corrected chi connectivity index (χ4v) is 8.97. The normalized spacial score (nSPS) is 13.1. The third-order valence-electron chi connectivity index (χ3n) is 12.0. The summed E-state index contributed by atoms with van der Waals surface area (Å²) in [6, 6.07) is 41.4. The maximum Gasteiger partial charge on any atom is 0.127 e. The maximum absolute atomic E-state index is 12.3. The van der Waals surface area contributed by atoms with E-state index in [0.717, 1.165) is 66.8 Å². The Morgan fingerprint density at radius 1 is 0.456 bits per heavy atom. The van der Waals surface area contributed by atoms with E-state index in [0.29, 0.717) is 19.6 Å². The van der Waals surface area contributed by atoms with Crippen LogP contribution in [-0.2, 0) is 33.5 Å². The van der Waals surface area contributed by atoms with Crippen LogP contribution in [0.2, 0.25) is 0 Å². The molecule has 0 bridgehead atoms. The average Bonchev–Trinajstić information content (AvgIpc) is 3.15. The Labute approximate surface area is 341 Å². The highest BCUT2D eigenvalue weighted by Gasteiger charge is 2.43. The molecule has 0 fully saturated rings. The lowest BCUT2D eigenvalue weighted by Gasteiger charge is -2.42. The number of hydrogen-bond acceptors (Lipinski definition) is 4. The molecule has 6 aromatic rings. The molecule has 0 aliphatic rings.